The average Bonchev–Trinajstić information content (AvgIpc) is 2.91. The van der Waals surface area contributed by atoms with Gasteiger partial charge in [0.15, 0.2) is 0 Å². The molecule has 1 amide bonds. The molecule has 0 aliphatic heterocycles. The van der Waals surface area contributed by atoms with Crippen molar-refractivity contribution in [2.24, 2.45) is 10.9 Å². The minimum atomic E-state index is -0.895. The highest BCUT2D eigenvalue weighted by Gasteiger charge is 2.21. The van der Waals surface area contributed by atoms with Crippen LogP contribution < -0.4 is 5.32 Å². The number of anilines is 1. The van der Waals surface area contributed by atoms with Crippen molar-refractivity contribution in [3.8, 4) is 0 Å². The highest BCUT2D eigenvalue weighted by atomic mass is 16.4. The second kappa shape index (κ2) is 11.9. The third-order valence-corrected chi connectivity index (χ3v) is 6.17. The van der Waals surface area contributed by atoms with Crippen molar-refractivity contribution in [2.75, 3.05) is 11.9 Å². The molecule has 0 fully saturated rings. The Bertz CT molecular complexity index is 1420. The van der Waals surface area contributed by atoms with Crippen molar-refractivity contribution >= 4 is 23.3 Å². The van der Waals surface area contributed by atoms with Gasteiger partial charge in [-0.25, -0.2) is 0 Å². The lowest BCUT2D eigenvalue weighted by atomic mass is 9.94. The number of nitrogens with zero attached hydrogens (tertiary/aromatic N) is 2. The van der Waals surface area contributed by atoms with Crippen LogP contribution in [0.4, 0.5) is 5.69 Å². The first-order chi connectivity index (χ1) is 17.9. The number of aliphatic imine (C=N–C) groups is 1. The lowest BCUT2D eigenvalue weighted by molar-refractivity contribution is -0.141. The normalized spacial score (nSPS) is 12.1. The van der Waals surface area contributed by atoms with Gasteiger partial charge in [0, 0.05) is 17.3 Å². The van der Waals surface area contributed by atoms with E-state index in [1.54, 1.807) is 30.5 Å². The van der Waals surface area contributed by atoms with E-state index in [0.717, 1.165) is 22.3 Å². The smallest absolute Gasteiger partial charge is 0.308 e. The van der Waals surface area contributed by atoms with Gasteiger partial charge in [-0.1, -0.05) is 78.4 Å². The Labute approximate surface area is 216 Å². The number of hydrogen-bond donors (Lipinski definition) is 2. The van der Waals surface area contributed by atoms with E-state index in [2.05, 4.69) is 10.3 Å². The highest BCUT2D eigenvalue weighted by molar-refractivity contribution is 6.18. The third kappa shape index (κ3) is 6.55. The molecule has 1 unspecified atom stereocenters. The molecule has 0 aliphatic rings. The van der Waals surface area contributed by atoms with E-state index in [1.165, 1.54) is 0 Å². The van der Waals surface area contributed by atoms with Gasteiger partial charge in [-0.05, 0) is 49.6 Å². The highest BCUT2D eigenvalue weighted by Crippen LogP contribution is 2.23. The summed E-state index contributed by atoms with van der Waals surface area (Å²) in [5, 5.41) is 13.0. The molecule has 1 atom stereocenters. The van der Waals surface area contributed by atoms with Gasteiger partial charge in [0.05, 0.1) is 23.9 Å². The van der Waals surface area contributed by atoms with Crippen LogP contribution in [0, 0.1) is 19.8 Å². The second-order valence-corrected chi connectivity index (χ2v) is 8.94. The summed E-state index contributed by atoms with van der Waals surface area (Å²) in [7, 11) is 0. The van der Waals surface area contributed by atoms with Gasteiger partial charge < -0.3 is 10.4 Å². The molecule has 186 valence electrons. The Kier molecular flexibility index (Phi) is 8.21. The van der Waals surface area contributed by atoms with Gasteiger partial charge in [-0.3, -0.25) is 19.6 Å². The van der Waals surface area contributed by atoms with Gasteiger partial charge in [0.25, 0.3) is 5.91 Å². The molecule has 0 aliphatic carbocycles. The number of aryl methyl sites for hydroxylation is 2. The van der Waals surface area contributed by atoms with Gasteiger partial charge in [0.1, 0.15) is 5.69 Å². The van der Waals surface area contributed by atoms with Crippen molar-refractivity contribution in [3.63, 3.8) is 0 Å². The lowest BCUT2D eigenvalue weighted by Gasteiger charge is -2.16. The number of aromatic nitrogens is 1. The molecule has 2 N–H and O–H groups in total. The Morgan fingerprint density at radius 2 is 1.65 bits per heavy atom. The number of carbonyl (C=O) groups is 2. The van der Waals surface area contributed by atoms with Gasteiger partial charge in [-0.2, -0.15) is 0 Å². The fraction of sp³-hybridized carbons (Fsp3) is 0.161. The SMILES string of the molecule is Cc1ccc(C)c(CC(CN=C(c2ccccc2)c2ccccc2NC(=O)c2ccccn2)C(=O)O)c1. The molecule has 6 heteroatoms. The molecule has 3 aromatic carbocycles. The maximum Gasteiger partial charge on any atom is 0.308 e. The molecule has 0 saturated heterocycles. The van der Waals surface area contributed by atoms with Crippen LogP contribution in [-0.4, -0.2) is 34.2 Å². The molecule has 1 heterocycles. The van der Waals surface area contributed by atoms with Crippen LogP contribution in [0.3, 0.4) is 0 Å². The molecule has 1 aromatic heterocycles. The largest absolute Gasteiger partial charge is 0.481 e. The van der Waals surface area contributed by atoms with Crippen LogP contribution in [0.25, 0.3) is 0 Å². The van der Waals surface area contributed by atoms with Crippen molar-refractivity contribution in [2.45, 2.75) is 20.3 Å². The number of hydrogen-bond acceptors (Lipinski definition) is 4. The fourth-order valence-corrected chi connectivity index (χ4v) is 4.13. The van der Waals surface area contributed by atoms with Gasteiger partial charge >= 0.3 is 5.97 Å². The van der Waals surface area contributed by atoms with E-state index in [-0.39, 0.29) is 12.5 Å². The summed E-state index contributed by atoms with van der Waals surface area (Å²) in [6, 6.07) is 28.2. The van der Waals surface area contributed by atoms with Crippen LogP contribution in [0.1, 0.15) is 38.3 Å². The molecule has 0 radical (unpaired) electrons. The van der Waals surface area contributed by atoms with Gasteiger partial charge in [-0.15, -0.1) is 0 Å². The van der Waals surface area contributed by atoms with E-state index in [4.69, 9.17) is 4.99 Å². The Balaban J connectivity index is 1.69. The summed E-state index contributed by atoms with van der Waals surface area (Å²) >= 11 is 0. The zero-order chi connectivity index (χ0) is 26.2. The second-order valence-electron chi connectivity index (χ2n) is 8.94. The summed E-state index contributed by atoms with van der Waals surface area (Å²) in [4.78, 5) is 34.0. The van der Waals surface area contributed by atoms with Crippen LogP contribution in [0.5, 0.6) is 0 Å². The molecule has 6 nitrogen and oxygen atoms in total. The summed E-state index contributed by atoms with van der Waals surface area (Å²) < 4.78 is 0. The Morgan fingerprint density at radius 1 is 0.919 bits per heavy atom. The molecular weight excluding hydrogens is 462 g/mol. The predicted molar refractivity (Wildman–Crippen MR) is 146 cm³/mol. The van der Waals surface area contributed by atoms with Crippen molar-refractivity contribution in [1.29, 1.82) is 0 Å². The number of rotatable bonds is 9. The number of para-hydroxylation sites is 1. The Hall–Kier alpha value is -4.58. The summed E-state index contributed by atoms with van der Waals surface area (Å²) in [6.07, 6.45) is 1.95. The molecule has 4 aromatic rings. The van der Waals surface area contributed by atoms with Crippen molar-refractivity contribution < 1.29 is 14.7 Å². The number of benzene rings is 3. The quantitative estimate of drug-likeness (QED) is 0.293. The summed E-state index contributed by atoms with van der Waals surface area (Å²) in [6.45, 7) is 4.09. The molecule has 0 bridgehead atoms. The molecular formula is C31H29N3O3. The molecule has 4 rings (SSSR count). The van der Waals surface area contributed by atoms with Crippen LogP contribution >= 0.6 is 0 Å². The van der Waals surface area contributed by atoms with Crippen LogP contribution in [-0.2, 0) is 11.2 Å². The zero-order valence-corrected chi connectivity index (χ0v) is 20.9. The third-order valence-electron chi connectivity index (χ3n) is 6.17. The van der Waals surface area contributed by atoms with E-state index in [0.29, 0.717) is 29.1 Å². The van der Waals surface area contributed by atoms with E-state index < -0.39 is 11.9 Å². The van der Waals surface area contributed by atoms with Crippen molar-refractivity contribution in [3.05, 3.63) is 131 Å². The van der Waals surface area contributed by atoms with Crippen LogP contribution in [0.2, 0.25) is 0 Å². The molecule has 37 heavy (non-hydrogen) atoms. The monoisotopic (exact) mass is 491 g/mol. The van der Waals surface area contributed by atoms with Crippen molar-refractivity contribution in [1.82, 2.24) is 4.98 Å². The fourth-order valence-electron chi connectivity index (χ4n) is 4.13. The molecule has 0 spiro atoms. The minimum Gasteiger partial charge on any atom is -0.481 e. The minimum absolute atomic E-state index is 0.0927. The summed E-state index contributed by atoms with van der Waals surface area (Å²) in [5.74, 6) is -1.93. The number of aliphatic carboxylic acids is 1. The standard InChI is InChI=1S/C31H29N3O3/c1-21-15-16-22(2)24(18-21)19-25(31(36)37)20-33-29(23-10-4-3-5-11-23)26-12-6-7-13-27(26)34-30(35)28-14-8-9-17-32-28/h3-18,25H,19-20H2,1-2H3,(H,34,35)(H,36,37). The van der Waals surface area contributed by atoms with E-state index in [1.807, 2.05) is 80.6 Å². The topological polar surface area (TPSA) is 91.7 Å². The van der Waals surface area contributed by atoms with E-state index in [9.17, 15) is 14.7 Å². The first-order valence-corrected chi connectivity index (χ1v) is 12.1. The molecule has 0 saturated carbocycles. The maximum atomic E-state index is 12.9. The number of pyridine rings is 1. The predicted octanol–water partition coefficient (Wildman–Crippen LogP) is 5.73. The van der Waals surface area contributed by atoms with Gasteiger partial charge in [0.2, 0.25) is 0 Å². The van der Waals surface area contributed by atoms with Crippen LogP contribution in [0.15, 0.2) is 102 Å². The first-order valence-electron chi connectivity index (χ1n) is 12.1. The first kappa shape index (κ1) is 25.5. The van der Waals surface area contributed by atoms with E-state index >= 15 is 0 Å². The maximum absolute atomic E-state index is 12.9. The number of carboxylic acids is 1. The number of carboxylic acid groups (broad SMARTS) is 1. The lowest BCUT2D eigenvalue weighted by Crippen LogP contribution is -2.22. The average molecular weight is 492 g/mol. The Morgan fingerprint density at radius 3 is 2.38 bits per heavy atom. The summed E-state index contributed by atoms with van der Waals surface area (Å²) in [5.41, 5.74) is 6.18. The number of carbonyl (C=O) groups excluding carboxylic acids is 1. The number of amides is 1. The number of nitrogens with one attached hydrogen (secondary N) is 1. The zero-order valence-electron chi connectivity index (χ0n) is 20.9.